The van der Waals surface area contributed by atoms with Crippen molar-refractivity contribution in [2.24, 2.45) is 5.41 Å². The zero-order chi connectivity index (χ0) is 24.1. The predicted octanol–water partition coefficient (Wildman–Crippen LogP) is 6.01. The van der Waals surface area contributed by atoms with Crippen molar-refractivity contribution >= 4 is 5.91 Å². The fraction of sp³-hybridized carbons (Fsp3) is 0.367. The molecule has 2 aliphatic heterocycles. The first kappa shape index (κ1) is 23.4. The first-order valence-corrected chi connectivity index (χ1v) is 12.6. The van der Waals surface area contributed by atoms with Crippen molar-refractivity contribution in [1.82, 2.24) is 9.80 Å². The monoisotopic (exact) mass is 470 g/mol. The van der Waals surface area contributed by atoms with Crippen molar-refractivity contribution in [3.05, 3.63) is 90.0 Å². The van der Waals surface area contributed by atoms with Gasteiger partial charge in [0.2, 0.25) is 0 Å². The van der Waals surface area contributed by atoms with Crippen LogP contribution in [0.5, 0.6) is 17.2 Å². The molecule has 3 aromatic carbocycles. The number of rotatable bonds is 6. The molecule has 0 unspecified atom stereocenters. The van der Waals surface area contributed by atoms with Gasteiger partial charge in [0.1, 0.15) is 5.75 Å². The Morgan fingerprint density at radius 3 is 2.17 bits per heavy atom. The van der Waals surface area contributed by atoms with Gasteiger partial charge in [0.15, 0.2) is 11.5 Å². The van der Waals surface area contributed by atoms with Crippen LogP contribution in [0.3, 0.4) is 0 Å². The average Bonchev–Trinajstić information content (AvgIpc) is 2.91. The minimum Gasteiger partial charge on any atom is -0.493 e. The number of carbonyl (C=O) groups is 1. The molecule has 0 atom stereocenters. The largest absolute Gasteiger partial charge is 0.493 e. The third kappa shape index (κ3) is 5.51. The van der Waals surface area contributed by atoms with Gasteiger partial charge in [-0.1, -0.05) is 42.5 Å². The highest BCUT2D eigenvalue weighted by Crippen LogP contribution is 2.42. The number of amides is 1. The zero-order valence-electron chi connectivity index (χ0n) is 20.5. The van der Waals surface area contributed by atoms with Crippen molar-refractivity contribution in [2.75, 3.05) is 33.3 Å². The smallest absolute Gasteiger partial charge is 0.253 e. The van der Waals surface area contributed by atoms with E-state index in [9.17, 15) is 4.79 Å². The van der Waals surface area contributed by atoms with Gasteiger partial charge in [-0.25, -0.2) is 0 Å². The van der Waals surface area contributed by atoms with Crippen molar-refractivity contribution < 1.29 is 14.3 Å². The van der Waals surface area contributed by atoms with E-state index in [1.54, 1.807) is 7.11 Å². The van der Waals surface area contributed by atoms with Crippen LogP contribution < -0.4 is 9.47 Å². The molecular weight excluding hydrogens is 436 g/mol. The van der Waals surface area contributed by atoms with Crippen LogP contribution in [-0.4, -0.2) is 49.0 Å². The number of benzene rings is 3. The number of hydrogen-bond donors (Lipinski definition) is 0. The molecule has 0 saturated carbocycles. The molecule has 0 aromatic heterocycles. The average molecular weight is 471 g/mol. The summed E-state index contributed by atoms with van der Waals surface area (Å²) in [5, 5.41) is 0. The van der Waals surface area contributed by atoms with E-state index in [1.165, 1.54) is 18.4 Å². The topological polar surface area (TPSA) is 42.0 Å². The Bertz CT molecular complexity index is 1130. The first-order valence-electron chi connectivity index (χ1n) is 12.6. The summed E-state index contributed by atoms with van der Waals surface area (Å²) in [6.07, 6.45) is 4.64. The van der Waals surface area contributed by atoms with Gasteiger partial charge in [0.25, 0.3) is 5.91 Å². The SMILES string of the molecule is COc1ccccc1Oc1cccc(CN2CCC3(CC2)CCN(C(=O)c2ccccc2)CC3)c1. The second-order valence-corrected chi connectivity index (χ2v) is 9.83. The van der Waals surface area contributed by atoms with E-state index in [0.29, 0.717) is 5.41 Å². The molecule has 3 aromatic rings. The highest BCUT2D eigenvalue weighted by Gasteiger charge is 2.38. The molecule has 0 bridgehead atoms. The lowest BCUT2D eigenvalue weighted by Crippen LogP contribution is -2.48. The molecule has 0 radical (unpaired) electrons. The standard InChI is InChI=1S/C30H34N2O3/c1-34-27-12-5-6-13-28(27)35-26-11-7-8-24(22-26)23-31-18-14-30(15-19-31)16-20-32(21-17-30)29(33)25-9-3-2-4-10-25/h2-13,22H,14-21,23H2,1H3. The lowest BCUT2D eigenvalue weighted by Gasteiger charge is -2.47. The van der Waals surface area contributed by atoms with Crippen molar-refractivity contribution in [2.45, 2.75) is 32.2 Å². The lowest BCUT2D eigenvalue weighted by atomic mass is 9.71. The zero-order valence-corrected chi connectivity index (χ0v) is 20.5. The summed E-state index contributed by atoms with van der Waals surface area (Å²) in [4.78, 5) is 17.4. The number of ether oxygens (including phenoxy) is 2. The van der Waals surface area contributed by atoms with Gasteiger partial charge in [0.05, 0.1) is 7.11 Å². The maximum atomic E-state index is 12.8. The first-order chi connectivity index (χ1) is 17.1. The lowest BCUT2D eigenvalue weighted by molar-refractivity contribution is 0.0285. The summed E-state index contributed by atoms with van der Waals surface area (Å²) in [5.41, 5.74) is 2.45. The Morgan fingerprint density at radius 2 is 1.46 bits per heavy atom. The fourth-order valence-electron chi connectivity index (χ4n) is 5.43. The molecule has 5 heteroatoms. The molecule has 182 valence electrons. The molecule has 1 spiro atoms. The number of likely N-dealkylation sites (tertiary alicyclic amines) is 2. The molecule has 5 rings (SSSR count). The summed E-state index contributed by atoms with van der Waals surface area (Å²) in [7, 11) is 1.66. The third-order valence-corrected chi connectivity index (χ3v) is 7.65. The summed E-state index contributed by atoms with van der Waals surface area (Å²) >= 11 is 0. The van der Waals surface area contributed by atoms with E-state index in [1.807, 2.05) is 65.6 Å². The summed E-state index contributed by atoms with van der Waals surface area (Å²) in [6, 6.07) is 25.8. The highest BCUT2D eigenvalue weighted by atomic mass is 16.5. The van der Waals surface area contributed by atoms with E-state index in [2.05, 4.69) is 23.1 Å². The number of carbonyl (C=O) groups excluding carboxylic acids is 1. The van der Waals surface area contributed by atoms with Crippen LogP contribution in [0, 0.1) is 5.41 Å². The predicted molar refractivity (Wildman–Crippen MR) is 138 cm³/mol. The van der Waals surface area contributed by atoms with Gasteiger partial charge >= 0.3 is 0 Å². The van der Waals surface area contributed by atoms with E-state index in [4.69, 9.17) is 9.47 Å². The third-order valence-electron chi connectivity index (χ3n) is 7.65. The molecule has 35 heavy (non-hydrogen) atoms. The van der Waals surface area contributed by atoms with Crippen LogP contribution in [0.1, 0.15) is 41.6 Å². The van der Waals surface area contributed by atoms with E-state index < -0.39 is 0 Å². The summed E-state index contributed by atoms with van der Waals surface area (Å²) < 4.78 is 11.5. The second-order valence-electron chi connectivity index (χ2n) is 9.83. The van der Waals surface area contributed by atoms with Gasteiger partial charge in [-0.3, -0.25) is 9.69 Å². The number of piperidine rings is 2. The second kappa shape index (κ2) is 10.5. The number of hydrogen-bond acceptors (Lipinski definition) is 4. The Hall–Kier alpha value is -3.31. The fourth-order valence-corrected chi connectivity index (χ4v) is 5.43. The Morgan fingerprint density at radius 1 is 0.800 bits per heavy atom. The van der Waals surface area contributed by atoms with Crippen molar-refractivity contribution in [3.63, 3.8) is 0 Å². The summed E-state index contributed by atoms with van der Waals surface area (Å²) in [5.74, 6) is 2.46. The maximum Gasteiger partial charge on any atom is 0.253 e. The maximum absolute atomic E-state index is 12.8. The molecule has 0 N–H and O–H groups in total. The molecule has 1 amide bonds. The van der Waals surface area contributed by atoms with Gasteiger partial charge in [-0.2, -0.15) is 0 Å². The highest BCUT2D eigenvalue weighted by molar-refractivity contribution is 5.94. The number of methoxy groups -OCH3 is 1. The van der Waals surface area contributed by atoms with Gasteiger partial charge in [0, 0.05) is 25.2 Å². The van der Waals surface area contributed by atoms with Gasteiger partial charge in [-0.05, 0) is 86.1 Å². The van der Waals surface area contributed by atoms with Crippen LogP contribution in [-0.2, 0) is 6.54 Å². The number of para-hydroxylation sites is 2. The van der Waals surface area contributed by atoms with Crippen LogP contribution in [0.2, 0.25) is 0 Å². The molecule has 2 fully saturated rings. The summed E-state index contributed by atoms with van der Waals surface area (Å²) in [6.45, 7) is 4.87. The van der Waals surface area contributed by atoms with E-state index >= 15 is 0 Å². The van der Waals surface area contributed by atoms with Gasteiger partial charge < -0.3 is 14.4 Å². The van der Waals surface area contributed by atoms with Gasteiger partial charge in [-0.15, -0.1) is 0 Å². The Balaban J connectivity index is 1.13. The van der Waals surface area contributed by atoms with E-state index in [-0.39, 0.29) is 5.91 Å². The Kier molecular flexibility index (Phi) is 7.05. The van der Waals surface area contributed by atoms with E-state index in [0.717, 1.165) is 68.4 Å². The molecule has 5 nitrogen and oxygen atoms in total. The van der Waals surface area contributed by atoms with Crippen LogP contribution in [0.25, 0.3) is 0 Å². The quantitative estimate of drug-likeness (QED) is 0.443. The minimum absolute atomic E-state index is 0.174. The minimum atomic E-state index is 0.174. The molecule has 0 aliphatic carbocycles. The van der Waals surface area contributed by atoms with Crippen LogP contribution in [0.4, 0.5) is 0 Å². The van der Waals surface area contributed by atoms with Crippen LogP contribution >= 0.6 is 0 Å². The van der Waals surface area contributed by atoms with Crippen molar-refractivity contribution in [3.8, 4) is 17.2 Å². The van der Waals surface area contributed by atoms with Crippen molar-refractivity contribution in [1.29, 1.82) is 0 Å². The number of nitrogens with zero attached hydrogens (tertiary/aromatic N) is 2. The molecule has 2 heterocycles. The van der Waals surface area contributed by atoms with Crippen LogP contribution in [0.15, 0.2) is 78.9 Å². The Labute approximate surface area is 208 Å². The molecular formula is C30H34N2O3. The molecule has 2 saturated heterocycles. The molecule has 2 aliphatic rings. The normalized spacial score (nSPS) is 17.8.